The summed E-state index contributed by atoms with van der Waals surface area (Å²) in [6.45, 7) is 7.06. The first-order valence-corrected chi connectivity index (χ1v) is 17.5. The molecule has 0 bridgehead atoms. The molecule has 0 fully saturated rings. The van der Waals surface area contributed by atoms with Gasteiger partial charge in [0.05, 0.1) is 17.2 Å². The van der Waals surface area contributed by atoms with Crippen LogP contribution in [0, 0.1) is 6.92 Å². The van der Waals surface area contributed by atoms with Gasteiger partial charge in [-0.25, -0.2) is 8.42 Å². The Balaban J connectivity index is 1.84. The molecule has 2 amide bonds. The maximum Gasteiger partial charge on any atom is 0.264 e. The Kier molecular flexibility index (Phi) is 12.3. The zero-order valence-corrected chi connectivity index (χ0v) is 29.1. The van der Waals surface area contributed by atoms with Crippen LogP contribution in [0.15, 0.2) is 102 Å². The summed E-state index contributed by atoms with van der Waals surface area (Å²) in [5, 5.41) is 3.56. The number of ether oxygens (including phenoxy) is 1. The number of hydrogen-bond acceptors (Lipinski definition) is 5. The summed E-state index contributed by atoms with van der Waals surface area (Å²) in [6.07, 6.45) is 0.168. The van der Waals surface area contributed by atoms with E-state index in [0.29, 0.717) is 28.0 Å². The minimum absolute atomic E-state index is 0.0175. The van der Waals surface area contributed by atoms with Gasteiger partial charge < -0.3 is 15.0 Å². The van der Waals surface area contributed by atoms with Crippen molar-refractivity contribution < 1.29 is 22.7 Å². The van der Waals surface area contributed by atoms with Crippen LogP contribution in [0.3, 0.4) is 0 Å². The zero-order chi connectivity index (χ0) is 34.1. The van der Waals surface area contributed by atoms with Crippen LogP contribution >= 0.6 is 23.2 Å². The van der Waals surface area contributed by atoms with E-state index in [0.717, 1.165) is 15.4 Å². The Morgan fingerprint density at radius 2 is 1.47 bits per heavy atom. The molecule has 0 saturated heterocycles. The molecule has 0 aliphatic heterocycles. The maximum atomic E-state index is 14.6. The van der Waals surface area contributed by atoms with E-state index in [9.17, 15) is 18.0 Å². The summed E-state index contributed by atoms with van der Waals surface area (Å²) in [4.78, 5) is 29.8. The van der Waals surface area contributed by atoms with Gasteiger partial charge in [-0.15, -0.1) is 0 Å². The molecule has 4 aromatic carbocycles. The Morgan fingerprint density at radius 3 is 2.04 bits per heavy atom. The first kappa shape index (κ1) is 35.8. The number of nitrogens with one attached hydrogen (secondary N) is 1. The molecule has 4 rings (SSSR count). The predicted octanol–water partition coefficient (Wildman–Crippen LogP) is 7.06. The summed E-state index contributed by atoms with van der Waals surface area (Å²) in [5.41, 5.74) is 2.39. The fourth-order valence-electron chi connectivity index (χ4n) is 5.03. The molecule has 0 saturated carbocycles. The van der Waals surface area contributed by atoms with Crippen LogP contribution in [0.25, 0.3) is 0 Å². The topological polar surface area (TPSA) is 96.0 Å². The molecule has 0 aromatic heterocycles. The highest BCUT2D eigenvalue weighted by molar-refractivity contribution is 7.92. The van der Waals surface area contributed by atoms with Crippen molar-refractivity contribution >= 4 is 50.7 Å². The number of anilines is 1. The molecule has 1 atom stereocenters. The van der Waals surface area contributed by atoms with E-state index in [-0.39, 0.29) is 29.6 Å². The van der Waals surface area contributed by atoms with Gasteiger partial charge in [-0.05, 0) is 81.8 Å². The van der Waals surface area contributed by atoms with Gasteiger partial charge >= 0.3 is 0 Å². The maximum absolute atomic E-state index is 14.6. The molecule has 11 heteroatoms. The van der Waals surface area contributed by atoms with Crippen LogP contribution in [-0.4, -0.2) is 50.4 Å². The van der Waals surface area contributed by atoms with E-state index in [1.54, 1.807) is 54.6 Å². The van der Waals surface area contributed by atoms with Gasteiger partial charge in [0.15, 0.2) is 0 Å². The van der Waals surface area contributed by atoms with Crippen LogP contribution in [0.4, 0.5) is 5.69 Å². The standard InChI is InChI=1S/C36H39Cl2N3O5S/c1-5-46-29-18-16-28(17-19-29)41(47(44,45)30-20-14-26(4)15-21-30)24-35(42)40(23-31-32(37)12-9-13-33(31)38)34(36(43)39-25(2)3)22-27-10-7-6-8-11-27/h6-21,25,34H,5,22-24H2,1-4H3,(H,39,43)/t34-/m1/s1. The van der Waals surface area contributed by atoms with Crippen LogP contribution in [-0.2, 0) is 32.6 Å². The summed E-state index contributed by atoms with van der Waals surface area (Å²) >= 11 is 13.1. The average Bonchev–Trinajstić information content (AvgIpc) is 3.03. The van der Waals surface area contributed by atoms with Gasteiger partial charge in [-0.2, -0.15) is 0 Å². The number of benzene rings is 4. The van der Waals surface area contributed by atoms with Crippen LogP contribution in [0.5, 0.6) is 5.75 Å². The van der Waals surface area contributed by atoms with Gasteiger partial charge in [-0.3, -0.25) is 13.9 Å². The van der Waals surface area contributed by atoms with E-state index in [2.05, 4.69) is 5.32 Å². The third-order valence-electron chi connectivity index (χ3n) is 7.42. The normalized spacial score (nSPS) is 12.0. The van der Waals surface area contributed by atoms with Crippen molar-refractivity contribution in [2.45, 2.75) is 57.6 Å². The van der Waals surface area contributed by atoms with Gasteiger partial charge in [0.1, 0.15) is 18.3 Å². The molecule has 0 aliphatic rings. The molecular formula is C36H39Cl2N3O5S. The first-order valence-electron chi connectivity index (χ1n) is 15.3. The van der Waals surface area contributed by atoms with Gasteiger partial charge in [0, 0.05) is 34.6 Å². The summed E-state index contributed by atoms with van der Waals surface area (Å²) in [5.74, 6) is -0.460. The smallest absolute Gasteiger partial charge is 0.264 e. The van der Waals surface area contributed by atoms with Crippen molar-refractivity contribution in [3.05, 3.63) is 124 Å². The lowest BCUT2D eigenvalue weighted by molar-refractivity contribution is -0.140. The van der Waals surface area contributed by atoms with E-state index in [1.165, 1.54) is 17.0 Å². The monoisotopic (exact) mass is 695 g/mol. The number of nitrogens with zero attached hydrogens (tertiary/aromatic N) is 2. The highest BCUT2D eigenvalue weighted by Gasteiger charge is 2.35. The second-order valence-electron chi connectivity index (χ2n) is 11.3. The molecular weight excluding hydrogens is 657 g/mol. The molecule has 0 radical (unpaired) electrons. The number of hydrogen-bond donors (Lipinski definition) is 1. The van der Waals surface area contributed by atoms with Crippen LogP contribution in [0.1, 0.15) is 37.5 Å². The second-order valence-corrected chi connectivity index (χ2v) is 14.0. The largest absolute Gasteiger partial charge is 0.494 e. The van der Waals surface area contributed by atoms with Crippen LogP contribution in [0.2, 0.25) is 10.0 Å². The minimum Gasteiger partial charge on any atom is -0.494 e. The van der Waals surface area contributed by atoms with Crippen LogP contribution < -0.4 is 14.4 Å². The Labute approximate surface area is 287 Å². The second kappa shape index (κ2) is 16.2. The number of aryl methyl sites for hydroxylation is 1. The average molecular weight is 697 g/mol. The molecule has 8 nitrogen and oxygen atoms in total. The van der Waals surface area contributed by atoms with Crippen molar-refractivity contribution in [2.75, 3.05) is 17.5 Å². The fraction of sp³-hybridized carbons (Fsp3) is 0.278. The van der Waals surface area contributed by atoms with Crippen molar-refractivity contribution in [2.24, 2.45) is 0 Å². The molecule has 47 heavy (non-hydrogen) atoms. The Hall–Kier alpha value is -4.05. The number of carbonyl (C=O) groups is 2. The predicted molar refractivity (Wildman–Crippen MR) is 188 cm³/mol. The Bertz CT molecular complexity index is 1750. The number of halogens is 2. The minimum atomic E-state index is -4.25. The first-order chi connectivity index (χ1) is 22.4. The van der Waals surface area contributed by atoms with Gasteiger partial charge in [-0.1, -0.05) is 77.3 Å². The summed E-state index contributed by atoms with van der Waals surface area (Å²) < 4.78 is 35.1. The lowest BCUT2D eigenvalue weighted by atomic mass is 10.0. The number of carbonyl (C=O) groups excluding carboxylic acids is 2. The SMILES string of the molecule is CCOc1ccc(N(CC(=O)N(Cc2c(Cl)cccc2Cl)[C@H](Cc2ccccc2)C(=O)NC(C)C)S(=O)(=O)c2ccc(C)cc2)cc1. The number of amides is 2. The van der Waals surface area contributed by atoms with Gasteiger partial charge in [0.25, 0.3) is 10.0 Å². The van der Waals surface area contributed by atoms with Crippen molar-refractivity contribution in [1.82, 2.24) is 10.2 Å². The van der Waals surface area contributed by atoms with Crippen molar-refractivity contribution in [1.29, 1.82) is 0 Å². The van der Waals surface area contributed by atoms with E-state index >= 15 is 0 Å². The molecule has 4 aromatic rings. The van der Waals surface area contributed by atoms with Gasteiger partial charge in [0.2, 0.25) is 11.8 Å². The molecule has 248 valence electrons. The lowest BCUT2D eigenvalue weighted by Gasteiger charge is -2.34. The highest BCUT2D eigenvalue weighted by atomic mass is 35.5. The summed E-state index contributed by atoms with van der Waals surface area (Å²) in [6, 6.07) is 25.9. The lowest BCUT2D eigenvalue weighted by Crippen LogP contribution is -2.54. The molecule has 0 aliphatic carbocycles. The molecule has 0 unspecified atom stereocenters. The van der Waals surface area contributed by atoms with E-state index < -0.39 is 34.4 Å². The third kappa shape index (κ3) is 9.28. The van der Waals surface area contributed by atoms with E-state index in [4.69, 9.17) is 27.9 Å². The number of rotatable bonds is 14. The molecule has 0 heterocycles. The van der Waals surface area contributed by atoms with Crippen molar-refractivity contribution in [3.63, 3.8) is 0 Å². The zero-order valence-electron chi connectivity index (χ0n) is 26.8. The summed E-state index contributed by atoms with van der Waals surface area (Å²) in [7, 11) is -4.25. The Morgan fingerprint density at radius 1 is 0.851 bits per heavy atom. The van der Waals surface area contributed by atoms with Crippen molar-refractivity contribution in [3.8, 4) is 5.75 Å². The fourth-order valence-corrected chi connectivity index (χ4v) is 6.96. The third-order valence-corrected chi connectivity index (χ3v) is 9.91. The van der Waals surface area contributed by atoms with E-state index in [1.807, 2.05) is 58.0 Å². The molecule has 1 N–H and O–H groups in total. The quantitative estimate of drug-likeness (QED) is 0.152. The highest BCUT2D eigenvalue weighted by Crippen LogP contribution is 2.30. The number of sulfonamides is 1. The molecule has 0 spiro atoms.